The predicted molar refractivity (Wildman–Crippen MR) is 99.7 cm³/mol. The van der Waals surface area contributed by atoms with Crippen molar-refractivity contribution in [1.82, 2.24) is 4.90 Å². The van der Waals surface area contributed by atoms with Gasteiger partial charge in [0.2, 0.25) is 0 Å². The van der Waals surface area contributed by atoms with Crippen molar-refractivity contribution < 1.29 is 9.84 Å². The van der Waals surface area contributed by atoms with Crippen LogP contribution in [0.25, 0.3) is 0 Å². The van der Waals surface area contributed by atoms with Crippen LogP contribution >= 0.6 is 0 Å². The number of ether oxygens (including phenoxy) is 1. The van der Waals surface area contributed by atoms with Gasteiger partial charge in [0.25, 0.3) is 0 Å². The third-order valence-electron chi connectivity index (χ3n) is 5.81. The maximum atomic E-state index is 10.9. The molecule has 0 bridgehead atoms. The molecule has 0 aromatic heterocycles. The lowest BCUT2D eigenvalue weighted by atomic mass is 9.78. The average Bonchev–Trinajstić information content (AvgIpc) is 3.47. The number of benzene rings is 2. The molecule has 0 amide bonds. The Morgan fingerprint density at radius 1 is 1.04 bits per heavy atom. The van der Waals surface area contributed by atoms with Gasteiger partial charge >= 0.3 is 0 Å². The van der Waals surface area contributed by atoms with E-state index >= 15 is 0 Å². The topological polar surface area (TPSA) is 32.7 Å². The zero-order chi connectivity index (χ0) is 17.3. The smallest absolute Gasteiger partial charge is 0.127 e. The first-order chi connectivity index (χ1) is 12.1. The van der Waals surface area contributed by atoms with E-state index in [9.17, 15) is 5.11 Å². The van der Waals surface area contributed by atoms with Crippen LogP contribution in [0.4, 0.5) is 0 Å². The Bertz CT molecular complexity index is 696. The van der Waals surface area contributed by atoms with Gasteiger partial charge in [-0.1, -0.05) is 37.3 Å². The molecule has 0 radical (unpaired) electrons. The van der Waals surface area contributed by atoms with Crippen LogP contribution in [0.1, 0.15) is 31.7 Å². The lowest BCUT2D eigenvalue weighted by Crippen LogP contribution is -2.51. The van der Waals surface area contributed by atoms with Gasteiger partial charge in [-0.15, -0.1) is 0 Å². The van der Waals surface area contributed by atoms with Crippen LogP contribution in [0, 0.1) is 11.8 Å². The van der Waals surface area contributed by atoms with Crippen molar-refractivity contribution >= 4 is 0 Å². The summed E-state index contributed by atoms with van der Waals surface area (Å²) in [7, 11) is 0. The van der Waals surface area contributed by atoms with E-state index in [0.717, 1.165) is 37.6 Å². The molecule has 2 aliphatic rings. The summed E-state index contributed by atoms with van der Waals surface area (Å²) in [6, 6.07) is 18.2. The first kappa shape index (κ1) is 16.6. The molecule has 1 aliphatic carbocycles. The first-order valence-corrected chi connectivity index (χ1v) is 9.40. The van der Waals surface area contributed by atoms with Gasteiger partial charge in [-0.25, -0.2) is 0 Å². The van der Waals surface area contributed by atoms with E-state index in [1.165, 1.54) is 18.4 Å². The second kappa shape index (κ2) is 6.81. The van der Waals surface area contributed by atoms with Crippen molar-refractivity contribution in [3.8, 4) is 11.5 Å². The highest BCUT2D eigenvalue weighted by Gasteiger charge is 2.49. The molecule has 2 atom stereocenters. The van der Waals surface area contributed by atoms with Crippen molar-refractivity contribution in [2.24, 2.45) is 11.8 Å². The zero-order valence-electron chi connectivity index (χ0n) is 14.9. The molecule has 0 unspecified atom stereocenters. The second-order valence-corrected chi connectivity index (χ2v) is 7.71. The minimum Gasteiger partial charge on any atom is -0.457 e. The standard InChI is InChI=1S/C22H27NO2/c1-17-15-23(14-13-22(17,24)19-9-10-19)16-18-7-11-21(12-8-18)25-20-5-3-2-4-6-20/h2-8,11-12,17,19,24H,9-10,13-16H2,1H3/t17-,22+/m1/s1. The molecule has 2 fully saturated rings. The SMILES string of the molecule is C[C@@H]1CN(Cc2ccc(Oc3ccccc3)cc2)CC[C@@]1(O)C1CC1. The molecule has 2 aromatic rings. The van der Waals surface area contributed by atoms with Crippen LogP contribution in [0.5, 0.6) is 11.5 Å². The summed E-state index contributed by atoms with van der Waals surface area (Å²) in [5.74, 6) is 2.64. The number of hydrogen-bond acceptors (Lipinski definition) is 3. The van der Waals surface area contributed by atoms with Gasteiger partial charge in [-0.3, -0.25) is 4.90 Å². The molecular weight excluding hydrogens is 310 g/mol. The third kappa shape index (κ3) is 3.73. The number of piperidine rings is 1. The highest BCUT2D eigenvalue weighted by atomic mass is 16.5. The number of nitrogens with zero attached hydrogens (tertiary/aromatic N) is 1. The van der Waals surface area contributed by atoms with E-state index < -0.39 is 5.60 Å². The van der Waals surface area contributed by atoms with Crippen molar-refractivity contribution in [1.29, 1.82) is 0 Å². The molecule has 3 heteroatoms. The molecule has 25 heavy (non-hydrogen) atoms. The van der Waals surface area contributed by atoms with Crippen LogP contribution in [-0.4, -0.2) is 28.7 Å². The molecule has 3 nitrogen and oxygen atoms in total. The van der Waals surface area contributed by atoms with Crippen LogP contribution < -0.4 is 4.74 Å². The molecule has 1 heterocycles. The number of para-hydroxylation sites is 1. The minimum atomic E-state index is -0.413. The van der Waals surface area contributed by atoms with Crippen molar-refractivity contribution in [3.05, 3.63) is 60.2 Å². The summed E-state index contributed by atoms with van der Waals surface area (Å²) in [5.41, 5.74) is 0.883. The van der Waals surface area contributed by atoms with Gasteiger partial charge in [0.15, 0.2) is 0 Å². The Balaban J connectivity index is 1.34. The number of aliphatic hydroxyl groups is 1. The summed E-state index contributed by atoms with van der Waals surface area (Å²) < 4.78 is 5.85. The Labute approximate surface area is 150 Å². The van der Waals surface area contributed by atoms with Crippen molar-refractivity contribution in [2.75, 3.05) is 13.1 Å². The number of rotatable bonds is 5. The summed E-state index contributed by atoms with van der Waals surface area (Å²) in [6.07, 6.45) is 3.33. The molecule has 132 valence electrons. The lowest BCUT2D eigenvalue weighted by molar-refractivity contribution is -0.0832. The lowest BCUT2D eigenvalue weighted by Gasteiger charge is -2.43. The maximum absolute atomic E-state index is 10.9. The fourth-order valence-electron chi connectivity index (χ4n) is 4.10. The largest absolute Gasteiger partial charge is 0.457 e. The van der Waals surface area contributed by atoms with E-state index in [2.05, 4.69) is 24.0 Å². The number of hydrogen-bond donors (Lipinski definition) is 1. The maximum Gasteiger partial charge on any atom is 0.127 e. The van der Waals surface area contributed by atoms with Crippen molar-refractivity contribution in [3.63, 3.8) is 0 Å². The first-order valence-electron chi connectivity index (χ1n) is 9.40. The van der Waals surface area contributed by atoms with E-state index in [-0.39, 0.29) is 0 Å². The fourth-order valence-corrected chi connectivity index (χ4v) is 4.10. The average molecular weight is 337 g/mol. The predicted octanol–water partition coefficient (Wildman–Crippen LogP) is 4.46. The summed E-state index contributed by atoms with van der Waals surface area (Å²) in [4.78, 5) is 2.47. The van der Waals surface area contributed by atoms with E-state index in [1.54, 1.807) is 0 Å². The minimum absolute atomic E-state index is 0.356. The van der Waals surface area contributed by atoms with Crippen LogP contribution in [0.2, 0.25) is 0 Å². The van der Waals surface area contributed by atoms with Gasteiger partial charge in [-0.2, -0.15) is 0 Å². The molecule has 1 aliphatic heterocycles. The highest BCUT2D eigenvalue weighted by Crippen LogP contribution is 2.47. The Hall–Kier alpha value is -1.84. The highest BCUT2D eigenvalue weighted by molar-refractivity contribution is 5.33. The Morgan fingerprint density at radius 2 is 1.72 bits per heavy atom. The molecule has 2 aromatic carbocycles. The van der Waals surface area contributed by atoms with Gasteiger partial charge in [0.1, 0.15) is 11.5 Å². The fraction of sp³-hybridized carbons (Fsp3) is 0.455. The summed E-state index contributed by atoms with van der Waals surface area (Å²) >= 11 is 0. The van der Waals surface area contributed by atoms with Crippen LogP contribution in [0.15, 0.2) is 54.6 Å². The van der Waals surface area contributed by atoms with Gasteiger partial charge in [0, 0.05) is 19.6 Å². The molecular formula is C22H27NO2. The molecule has 1 N–H and O–H groups in total. The van der Waals surface area contributed by atoms with Gasteiger partial charge in [0.05, 0.1) is 5.60 Å². The van der Waals surface area contributed by atoms with Gasteiger partial charge < -0.3 is 9.84 Å². The molecule has 1 saturated heterocycles. The molecule has 4 rings (SSSR count). The monoisotopic (exact) mass is 337 g/mol. The van der Waals surface area contributed by atoms with Crippen molar-refractivity contribution in [2.45, 2.75) is 38.3 Å². The third-order valence-corrected chi connectivity index (χ3v) is 5.81. The number of likely N-dealkylation sites (tertiary alicyclic amines) is 1. The molecule has 1 saturated carbocycles. The van der Waals surface area contributed by atoms with Crippen LogP contribution in [0.3, 0.4) is 0 Å². The normalized spacial score (nSPS) is 27.2. The summed E-state index contributed by atoms with van der Waals surface area (Å²) in [6.45, 7) is 5.12. The Morgan fingerprint density at radius 3 is 2.36 bits per heavy atom. The van der Waals surface area contributed by atoms with E-state index in [1.807, 2.05) is 42.5 Å². The zero-order valence-corrected chi connectivity index (χ0v) is 14.9. The van der Waals surface area contributed by atoms with Gasteiger partial charge in [-0.05, 0) is 60.9 Å². The van der Waals surface area contributed by atoms with Crippen LogP contribution in [-0.2, 0) is 6.54 Å². The Kier molecular flexibility index (Phi) is 4.53. The van der Waals surface area contributed by atoms with E-state index in [4.69, 9.17) is 4.74 Å². The summed E-state index contributed by atoms with van der Waals surface area (Å²) in [5, 5.41) is 10.9. The molecule has 0 spiro atoms. The second-order valence-electron chi connectivity index (χ2n) is 7.71. The quantitative estimate of drug-likeness (QED) is 0.874. The van der Waals surface area contributed by atoms with E-state index in [0.29, 0.717) is 11.8 Å².